The van der Waals surface area contributed by atoms with E-state index in [4.69, 9.17) is 0 Å². The Morgan fingerprint density at radius 2 is 2.17 bits per heavy atom. The van der Waals surface area contributed by atoms with Crippen molar-refractivity contribution in [3.05, 3.63) is 43.9 Å². The molecule has 6 heteroatoms. The molecule has 0 aliphatic rings. The van der Waals surface area contributed by atoms with Gasteiger partial charge in [-0.2, -0.15) is 5.10 Å². The van der Waals surface area contributed by atoms with Gasteiger partial charge in [0.15, 0.2) is 0 Å². The lowest BCUT2D eigenvalue weighted by Crippen LogP contribution is -2.23. The molecule has 96 valence electrons. The lowest BCUT2D eigenvalue weighted by Gasteiger charge is -2.11. The molecule has 2 aromatic heterocycles. The summed E-state index contributed by atoms with van der Waals surface area (Å²) in [6.45, 7) is 6.47. The van der Waals surface area contributed by atoms with E-state index in [0.717, 1.165) is 15.0 Å². The van der Waals surface area contributed by atoms with E-state index < -0.39 is 0 Å². The number of hydrogen-bond acceptors (Lipinski definition) is 3. The third-order valence-electron chi connectivity index (χ3n) is 2.72. The van der Waals surface area contributed by atoms with Crippen LogP contribution in [0, 0.1) is 10.5 Å². The molecule has 0 fully saturated rings. The van der Waals surface area contributed by atoms with Gasteiger partial charge in [0.25, 0.3) is 5.56 Å². The molecule has 2 heterocycles. The zero-order valence-corrected chi connectivity index (χ0v) is 12.7. The van der Waals surface area contributed by atoms with E-state index in [9.17, 15) is 4.79 Å². The van der Waals surface area contributed by atoms with Gasteiger partial charge >= 0.3 is 0 Å². The highest BCUT2D eigenvalue weighted by atomic mass is 127. The van der Waals surface area contributed by atoms with Crippen molar-refractivity contribution < 1.29 is 0 Å². The second-order valence-corrected chi connectivity index (χ2v) is 5.65. The van der Waals surface area contributed by atoms with Gasteiger partial charge in [-0.05, 0) is 48.9 Å². The molecular weight excluding hydrogens is 343 g/mol. The molecule has 0 N–H and O–H groups in total. The minimum atomic E-state index is -0.00813. The van der Waals surface area contributed by atoms with E-state index >= 15 is 0 Å². The lowest BCUT2D eigenvalue weighted by atomic mass is 10.3. The quantitative estimate of drug-likeness (QED) is 0.789. The molecule has 0 aliphatic carbocycles. The summed E-state index contributed by atoms with van der Waals surface area (Å²) in [6, 6.07) is 1.89. The first-order valence-corrected chi connectivity index (χ1v) is 6.82. The number of aryl methyl sites for hydroxylation is 1. The topological polar surface area (TPSA) is 52.7 Å². The summed E-state index contributed by atoms with van der Waals surface area (Å²) in [6.07, 6.45) is 3.39. The van der Waals surface area contributed by atoms with Crippen molar-refractivity contribution >= 4 is 22.6 Å². The predicted octanol–water partition coefficient (Wildman–Crippen LogP) is 1.98. The monoisotopic (exact) mass is 358 g/mol. The summed E-state index contributed by atoms with van der Waals surface area (Å²) >= 11 is 2.23. The summed E-state index contributed by atoms with van der Waals surface area (Å²) in [4.78, 5) is 16.1. The Kier molecular flexibility index (Phi) is 3.84. The molecule has 0 spiro atoms. The molecule has 18 heavy (non-hydrogen) atoms. The van der Waals surface area contributed by atoms with Crippen LogP contribution in [-0.4, -0.2) is 19.3 Å². The Labute approximate surface area is 119 Å². The highest BCUT2D eigenvalue weighted by Crippen LogP contribution is 2.10. The fourth-order valence-electron chi connectivity index (χ4n) is 1.73. The van der Waals surface area contributed by atoms with E-state index in [1.807, 2.05) is 31.6 Å². The van der Waals surface area contributed by atoms with Gasteiger partial charge in [-0.1, -0.05) is 0 Å². The molecule has 0 aliphatic heterocycles. The first-order chi connectivity index (χ1) is 8.49. The number of rotatable bonds is 3. The van der Waals surface area contributed by atoms with Gasteiger partial charge < -0.3 is 4.57 Å². The maximum Gasteiger partial charge on any atom is 0.251 e. The predicted molar refractivity (Wildman–Crippen MR) is 77.7 cm³/mol. The third-order valence-corrected chi connectivity index (χ3v) is 3.85. The van der Waals surface area contributed by atoms with Gasteiger partial charge in [0, 0.05) is 21.9 Å². The minimum Gasteiger partial charge on any atom is -0.307 e. The van der Waals surface area contributed by atoms with Crippen LogP contribution in [0.2, 0.25) is 0 Å². The van der Waals surface area contributed by atoms with Crippen LogP contribution in [0.25, 0.3) is 0 Å². The van der Waals surface area contributed by atoms with Gasteiger partial charge in [-0.25, -0.2) is 9.67 Å². The van der Waals surface area contributed by atoms with Crippen LogP contribution in [0.5, 0.6) is 0 Å². The second kappa shape index (κ2) is 5.21. The van der Waals surface area contributed by atoms with Crippen LogP contribution in [0.3, 0.4) is 0 Å². The average molecular weight is 358 g/mol. The van der Waals surface area contributed by atoms with Crippen LogP contribution >= 0.6 is 22.6 Å². The first kappa shape index (κ1) is 13.3. The van der Waals surface area contributed by atoms with Crippen molar-refractivity contribution in [3.63, 3.8) is 0 Å². The van der Waals surface area contributed by atoms with E-state index in [0.29, 0.717) is 6.54 Å². The molecule has 0 unspecified atom stereocenters. The molecule has 2 rings (SSSR count). The molecule has 0 saturated carbocycles. The van der Waals surface area contributed by atoms with Crippen molar-refractivity contribution in [2.45, 2.75) is 33.4 Å². The molecule has 0 saturated heterocycles. The van der Waals surface area contributed by atoms with E-state index in [2.05, 4.69) is 32.7 Å². The van der Waals surface area contributed by atoms with E-state index in [1.165, 1.54) is 6.33 Å². The Hall–Kier alpha value is -1.18. The molecule has 0 aromatic carbocycles. The second-order valence-electron chi connectivity index (χ2n) is 4.49. The zero-order chi connectivity index (χ0) is 13.3. The van der Waals surface area contributed by atoms with Crippen LogP contribution in [-0.2, 0) is 6.54 Å². The Morgan fingerprint density at radius 1 is 1.44 bits per heavy atom. The zero-order valence-electron chi connectivity index (χ0n) is 10.6. The summed E-state index contributed by atoms with van der Waals surface area (Å²) in [5.74, 6) is 0.798. The van der Waals surface area contributed by atoms with E-state index in [-0.39, 0.29) is 11.6 Å². The number of hydrogen-bond donors (Lipinski definition) is 0. The molecule has 0 amide bonds. The van der Waals surface area contributed by atoms with E-state index in [1.54, 1.807) is 10.6 Å². The normalized spacial score (nSPS) is 11.2. The van der Waals surface area contributed by atoms with Crippen molar-refractivity contribution in [1.29, 1.82) is 0 Å². The maximum atomic E-state index is 11.9. The van der Waals surface area contributed by atoms with Gasteiger partial charge in [0.05, 0.1) is 6.54 Å². The molecule has 2 aromatic rings. The average Bonchev–Trinajstić information content (AvgIpc) is 2.74. The van der Waals surface area contributed by atoms with Crippen molar-refractivity contribution in [2.24, 2.45) is 0 Å². The van der Waals surface area contributed by atoms with Gasteiger partial charge in [0.2, 0.25) is 0 Å². The Balaban J connectivity index is 2.37. The third kappa shape index (κ3) is 2.63. The number of aromatic nitrogens is 4. The van der Waals surface area contributed by atoms with Crippen LogP contribution in [0.15, 0.2) is 23.4 Å². The smallest absolute Gasteiger partial charge is 0.251 e. The highest BCUT2D eigenvalue weighted by molar-refractivity contribution is 14.1. The molecule has 5 nitrogen and oxygen atoms in total. The minimum absolute atomic E-state index is 0.00813. The van der Waals surface area contributed by atoms with Crippen molar-refractivity contribution in [1.82, 2.24) is 19.3 Å². The Bertz CT molecular complexity index is 615. The number of pyridine rings is 1. The molecule has 0 bridgehead atoms. The number of nitrogens with zero attached hydrogens (tertiary/aromatic N) is 4. The van der Waals surface area contributed by atoms with Crippen molar-refractivity contribution in [3.8, 4) is 0 Å². The van der Waals surface area contributed by atoms with Crippen LogP contribution < -0.4 is 5.56 Å². The summed E-state index contributed by atoms with van der Waals surface area (Å²) in [5.41, 5.74) is 0.994. The molecular formula is C12H15IN4O. The number of halogens is 1. The fourth-order valence-corrected chi connectivity index (χ4v) is 2.23. The summed E-state index contributed by atoms with van der Waals surface area (Å²) < 4.78 is 4.57. The highest BCUT2D eigenvalue weighted by Gasteiger charge is 2.09. The fraction of sp³-hybridized carbons (Fsp3) is 0.417. The SMILES string of the molecule is Cc1cc(=O)n(Cc2ncnn2C(C)C)cc1I. The summed E-state index contributed by atoms with van der Waals surface area (Å²) in [7, 11) is 0. The van der Waals surface area contributed by atoms with Gasteiger partial charge in [-0.3, -0.25) is 4.79 Å². The van der Waals surface area contributed by atoms with Gasteiger partial charge in [-0.15, -0.1) is 0 Å². The van der Waals surface area contributed by atoms with Crippen molar-refractivity contribution in [2.75, 3.05) is 0 Å². The lowest BCUT2D eigenvalue weighted by molar-refractivity contribution is 0.494. The summed E-state index contributed by atoms with van der Waals surface area (Å²) in [5, 5.41) is 4.17. The molecule has 0 atom stereocenters. The Morgan fingerprint density at radius 3 is 2.83 bits per heavy atom. The van der Waals surface area contributed by atoms with Crippen LogP contribution in [0.1, 0.15) is 31.3 Å². The maximum absolute atomic E-state index is 11.9. The first-order valence-electron chi connectivity index (χ1n) is 5.74. The molecule has 0 radical (unpaired) electrons. The largest absolute Gasteiger partial charge is 0.307 e. The van der Waals surface area contributed by atoms with Crippen LogP contribution in [0.4, 0.5) is 0 Å². The standard InChI is InChI=1S/C12H15IN4O/c1-8(2)17-11(14-7-15-17)6-16-5-10(13)9(3)4-12(16)18/h4-5,7-8H,6H2,1-3H3. The van der Waals surface area contributed by atoms with Gasteiger partial charge in [0.1, 0.15) is 12.2 Å².